The van der Waals surface area contributed by atoms with Crippen LogP contribution in [0.5, 0.6) is 0 Å². The lowest BCUT2D eigenvalue weighted by molar-refractivity contribution is -0.322. The van der Waals surface area contributed by atoms with Crippen LogP contribution < -0.4 is 0 Å². The predicted molar refractivity (Wildman–Crippen MR) is 195 cm³/mol. The fourth-order valence-electron chi connectivity index (χ4n) is 8.30. The maximum Gasteiger partial charge on any atom is 0.338 e. The average Bonchev–Trinajstić information content (AvgIpc) is 3.59. The highest BCUT2D eigenvalue weighted by Crippen LogP contribution is 2.58. The Morgan fingerprint density at radius 2 is 1.43 bits per heavy atom. The van der Waals surface area contributed by atoms with Gasteiger partial charge in [-0.05, 0) is 36.6 Å². The van der Waals surface area contributed by atoms with Crippen LogP contribution in [0, 0.1) is 17.3 Å². The van der Waals surface area contributed by atoms with Gasteiger partial charge < -0.3 is 38.3 Å². The van der Waals surface area contributed by atoms with E-state index in [-0.39, 0.29) is 23.3 Å². The number of Topliss-reactive ketones (excluding diaryl/α,β-unsaturated/α-hetero) is 1. The van der Waals surface area contributed by atoms with E-state index >= 15 is 0 Å². The molecule has 300 valence electrons. The fraction of sp³-hybridized carbons (Fsp3) is 0.488. The second-order valence-electron chi connectivity index (χ2n) is 15.1. The normalized spacial score (nSPS) is 32.1. The zero-order valence-electron chi connectivity index (χ0n) is 32.3. The number of nitrogens with zero attached hydrogens (tertiary/aromatic N) is 1. The van der Waals surface area contributed by atoms with Crippen molar-refractivity contribution in [2.45, 2.75) is 109 Å². The smallest absolute Gasteiger partial charge is 0.338 e. The van der Waals surface area contributed by atoms with Gasteiger partial charge in [0.25, 0.3) is 0 Å². The highest BCUT2D eigenvalue weighted by molar-refractivity contribution is 5.90. The number of esters is 5. The van der Waals surface area contributed by atoms with Crippen molar-refractivity contribution in [1.29, 1.82) is 0 Å². The highest BCUT2D eigenvalue weighted by atomic mass is 16.7. The van der Waals surface area contributed by atoms with Crippen LogP contribution in [0.2, 0.25) is 0 Å². The summed E-state index contributed by atoms with van der Waals surface area (Å²) in [5.74, 6) is -10.0. The zero-order valence-corrected chi connectivity index (χ0v) is 32.3. The SMILES string of the molecule is C=C(O[C@@H]1[C@H](OC(=O)c2ccccc2)C(OC(C)=O)C(=C)[C@H](OC(C)=O)[C@H]2[C@@H](OC(C)=O)[C@H](C)C[C@@]2(OC(C)=O)[C@@]2(O)CC(=O)[C@@H](O2)C1(C)C)c1cccnc1. The van der Waals surface area contributed by atoms with Gasteiger partial charge >= 0.3 is 29.8 Å². The van der Waals surface area contributed by atoms with E-state index < -0.39 is 107 Å². The van der Waals surface area contributed by atoms with E-state index in [0.717, 1.165) is 27.7 Å². The Bertz CT molecular complexity index is 1900. The number of aromatic nitrogens is 1. The summed E-state index contributed by atoms with van der Waals surface area (Å²) in [4.78, 5) is 84.6. The molecule has 1 aromatic carbocycles. The first-order valence-electron chi connectivity index (χ1n) is 18.1. The van der Waals surface area contributed by atoms with Crippen LogP contribution in [0.1, 0.15) is 77.2 Å². The molecule has 15 heteroatoms. The number of fused-ring (bicyclic) bond motifs is 4. The van der Waals surface area contributed by atoms with E-state index in [9.17, 15) is 33.9 Å². The zero-order chi connectivity index (χ0) is 41.3. The van der Waals surface area contributed by atoms with Crippen LogP contribution >= 0.6 is 0 Å². The minimum absolute atomic E-state index is 0.00626. The Labute approximate surface area is 324 Å². The first-order chi connectivity index (χ1) is 26.2. The average molecular weight is 778 g/mol. The molecule has 10 atom stereocenters. The Balaban J connectivity index is 1.86. The number of ether oxygens (including phenoxy) is 7. The summed E-state index contributed by atoms with van der Waals surface area (Å²) < 4.78 is 43.0. The van der Waals surface area contributed by atoms with Gasteiger partial charge in [0.15, 0.2) is 23.6 Å². The predicted octanol–water partition coefficient (Wildman–Crippen LogP) is 4.06. The number of rotatable bonds is 9. The summed E-state index contributed by atoms with van der Waals surface area (Å²) in [6, 6.07) is 11.1. The molecule has 1 unspecified atom stereocenters. The molecule has 1 N–H and O–H groups in total. The van der Waals surface area contributed by atoms with E-state index in [1.165, 1.54) is 24.5 Å². The second kappa shape index (κ2) is 16.0. The van der Waals surface area contributed by atoms with Gasteiger partial charge in [-0.1, -0.05) is 52.1 Å². The highest BCUT2D eigenvalue weighted by Gasteiger charge is 2.75. The van der Waals surface area contributed by atoms with Crippen LogP contribution in [0.4, 0.5) is 0 Å². The van der Waals surface area contributed by atoms with E-state index in [1.807, 2.05) is 0 Å². The van der Waals surface area contributed by atoms with Gasteiger partial charge in [-0.2, -0.15) is 0 Å². The van der Waals surface area contributed by atoms with Gasteiger partial charge in [-0.15, -0.1) is 0 Å². The van der Waals surface area contributed by atoms with Gasteiger partial charge in [0.1, 0.15) is 30.2 Å². The number of hydrogen-bond acceptors (Lipinski definition) is 15. The fourth-order valence-corrected chi connectivity index (χ4v) is 8.30. The van der Waals surface area contributed by atoms with Crippen molar-refractivity contribution >= 4 is 41.4 Å². The summed E-state index contributed by atoms with van der Waals surface area (Å²) >= 11 is 0. The standard InChI is InChI=1S/C41H47NO14/c1-21-18-40(55-27(7)46)31(32(21)51-24(4)43)33(52-25(5)44)22(2)34(53-26(6)45)35(54-38(48)28-14-11-10-12-15-28)37(50-23(3)29-16-13-17-42-20-29)39(8,9)36-30(47)19-41(40,49)56-36/h10-17,20-21,31-37,49H,2-3,18-19H2,1,4-9H3/t21-,31-,32+,33+,34?,35-,36-,37-,40+,41-/m1/s1. The lowest BCUT2D eigenvalue weighted by atomic mass is 9.71. The molecule has 1 aliphatic carbocycles. The van der Waals surface area contributed by atoms with Crippen LogP contribution in [-0.2, 0) is 57.1 Å². The van der Waals surface area contributed by atoms with Crippen molar-refractivity contribution in [1.82, 2.24) is 4.98 Å². The van der Waals surface area contributed by atoms with Crippen molar-refractivity contribution in [3.63, 3.8) is 0 Å². The van der Waals surface area contributed by atoms with E-state index in [1.54, 1.807) is 51.1 Å². The van der Waals surface area contributed by atoms with Crippen molar-refractivity contribution in [2.24, 2.45) is 17.3 Å². The third-order valence-electron chi connectivity index (χ3n) is 10.5. The number of pyridine rings is 1. The Morgan fingerprint density at radius 1 is 0.821 bits per heavy atom. The largest absolute Gasteiger partial charge is 0.486 e. The first kappa shape index (κ1) is 41.7. The quantitative estimate of drug-likeness (QED) is 0.165. The third kappa shape index (κ3) is 7.96. The van der Waals surface area contributed by atoms with Crippen molar-refractivity contribution in [3.8, 4) is 0 Å². The molecule has 1 saturated carbocycles. The minimum Gasteiger partial charge on any atom is -0.486 e. The Kier molecular flexibility index (Phi) is 11.9. The van der Waals surface area contributed by atoms with Crippen LogP contribution in [0.25, 0.3) is 5.76 Å². The van der Waals surface area contributed by atoms with Gasteiger partial charge in [0.05, 0.1) is 17.9 Å². The molecule has 2 aromatic rings. The number of ketones is 1. The van der Waals surface area contributed by atoms with E-state index in [4.69, 9.17) is 33.2 Å². The molecule has 5 rings (SSSR count). The molecule has 0 radical (unpaired) electrons. The third-order valence-corrected chi connectivity index (χ3v) is 10.5. The monoisotopic (exact) mass is 777 g/mol. The summed E-state index contributed by atoms with van der Waals surface area (Å²) in [5, 5.41) is 12.8. The molecule has 3 heterocycles. The van der Waals surface area contributed by atoms with E-state index in [0.29, 0.717) is 5.56 Å². The van der Waals surface area contributed by atoms with Crippen molar-refractivity contribution in [3.05, 3.63) is 84.7 Å². The van der Waals surface area contributed by atoms with Crippen molar-refractivity contribution in [2.75, 3.05) is 0 Å². The molecule has 1 aromatic heterocycles. The topological polar surface area (TPSA) is 200 Å². The molecular weight excluding hydrogens is 730 g/mol. The lowest BCUT2D eigenvalue weighted by Gasteiger charge is -2.47. The molecule has 2 bridgehead atoms. The molecule has 3 aliphatic rings. The molecule has 0 amide bonds. The first-order valence-corrected chi connectivity index (χ1v) is 18.1. The number of carbonyl (C=O) groups excluding carboxylic acids is 6. The van der Waals surface area contributed by atoms with Gasteiger partial charge in [-0.3, -0.25) is 29.0 Å². The minimum atomic E-state index is -2.65. The lowest BCUT2D eigenvalue weighted by Crippen LogP contribution is -2.64. The summed E-state index contributed by atoms with van der Waals surface area (Å²) in [7, 11) is 0. The summed E-state index contributed by atoms with van der Waals surface area (Å²) in [6.45, 7) is 17.4. The van der Waals surface area contributed by atoms with Crippen molar-refractivity contribution < 1.29 is 67.0 Å². The van der Waals surface area contributed by atoms with Gasteiger partial charge in [0, 0.05) is 56.6 Å². The number of aliphatic hydroxyl groups is 1. The molecule has 15 nitrogen and oxygen atoms in total. The number of benzene rings is 1. The summed E-state index contributed by atoms with van der Waals surface area (Å²) in [6.07, 6.45) is -7.69. The molecular formula is C41H47NO14. The molecule has 2 saturated heterocycles. The maximum absolute atomic E-state index is 14.4. The van der Waals surface area contributed by atoms with Crippen LogP contribution in [-0.4, -0.2) is 93.7 Å². The second-order valence-corrected chi connectivity index (χ2v) is 15.1. The number of hydrogen-bond donors (Lipinski definition) is 1. The van der Waals surface area contributed by atoms with Crippen LogP contribution in [0.15, 0.2) is 73.6 Å². The molecule has 56 heavy (non-hydrogen) atoms. The Morgan fingerprint density at radius 3 is 2.00 bits per heavy atom. The Hall–Kier alpha value is -5.41. The van der Waals surface area contributed by atoms with Crippen LogP contribution in [0.3, 0.4) is 0 Å². The van der Waals surface area contributed by atoms with Gasteiger partial charge in [-0.25, -0.2) is 4.79 Å². The molecule has 2 aliphatic heterocycles. The number of carbonyl (C=O) groups is 6. The molecule has 3 fully saturated rings. The van der Waals surface area contributed by atoms with E-state index in [2.05, 4.69) is 18.1 Å². The maximum atomic E-state index is 14.4. The van der Waals surface area contributed by atoms with Gasteiger partial charge in [0.2, 0.25) is 5.79 Å². The summed E-state index contributed by atoms with van der Waals surface area (Å²) in [5.41, 5.74) is -3.66. The molecule has 0 spiro atoms.